The van der Waals surface area contributed by atoms with E-state index >= 15 is 0 Å². The predicted molar refractivity (Wildman–Crippen MR) is 129 cm³/mol. The van der Waals surface area contributed by atoms with Gasteiger partial charge in [0.25, 0.3) is 5.91 Å². The van der Waals surface area contributed by atoms with Crippen molar-refractivity contribution in [3.05, 3.63) is 87.9 Å². The van der Waals surface area contributed by atoms with Crippen LogP contribution in [0.1, 0.15) is 26.6 Å². The van der Waals surface area contributed by atoms with Gasteiger partial charge in [0.15, 0.2) is 11.0 Å². The summed E-state index contributed by atoms with van der Waals surface area (Å²) >= 11 is 3.08. The van der Waals surface area contributed by atoms with Gasteiger partial charge in [-0.2, -0.15) is 0 Å². The third-order valence-corrected chi connectivity index (χ3v) is 6.90. The van der Waals surface area contributed by atoms with Gasteiger partial charge in [0.1, 0.15) is 5.75 Å². The van der Waals surface area contributed by atoms with Crippen LogP contribution in [0.25, 0.3) is 5.69 Å². The average molecular weight is 465 g/mol. The van der Waals surface area contributed by atoms with Crippen LogP contribution in [0.5, 0.6) is 5.75 Å². The maximum Gasteiger partial charge on any atom is 0.261 e. The van der Waals surface area contributed by atoms with Crippen molar-refractivity contribution in [2.75, 3.05) is 12.9 Å². The van der Waals surface area contributed by atoms with Crippen molar-refractivity contribution in [2.24, 2.45) is 0 Å². The highest BCUT2D eigenvalue weighted by Gasteiger charge is 2.17. The Bertz CT molecular complexity index is 1190. The highest BCUT2D eigenvalue weighted by atomic mass is 32.2. The normalized spacial score (nSPS) is 10.8. The van der Waals surface area contributed by atoms with Crippen LogP contribution in [0, 0.1) is 6.92 Å². The summed E-state index contributed by atoms with van der Waals surface area (Å²) in [4.78, 5) is 13.3. The van der Waals surface area contributed by atoms with Crippen LogP contribution in [-0.2, 0) is 13.0 Å². The molecule has 4 rings (SSSR count). The molecule has 0 aliphatic carbocycles. The second-order valence-corrected chi connectivity index (χ2v) is 9.11. The number of amides is 1. The molecule has 0 saturated heterocycles. The fourth-order valence-electron chi connectivity index (χ4n) is 3.27. The van der Waals surface area contributed by atoms with Crippen LogP contribution in [-0.4, -0.2) is 33.5 Å². The molecule has 2 heterocycles. The van der Waals surface area contributed by atoms with E-state index in [1.807, 2.05) is 53.3 Å². The quantitative estimate of drug-likeness (QED) is 0.357. The summed E-state index contributed by atoms with van der Waals surface area (Å²) in [6, 6.07) is 20.1. The van der Waals surface area contributed by atoms with Crippen LogP contribution in [0.4, 0.5) is 0 Å². The van der Waals surface area contributed by atoms with Gasteiger partial charge in [-0.05, 0) is 48.1 Å². The molecule has 1 amide bonds. The lowest BCUT2D eigenvalue weighted by atomic mass is 10.2. The minimum Gasteiger partial charge on any atom is -0.497 e. The number of thioether (sulfide) groups is 1. The number of carbonyl (C=O) groups is 1. The first-order valence-corrected chi connectivity index (χ1v) is 12.1. The zero-order valence-corrected chi connectivity index (χ0v) is 19.6. The molecule has 0 saturated carbocycles. The number of aryl methyl sites for hydroxylation is 2. The molecule has 2 aromatic heterocycles. The summed E-state index contributed by atoms with van der Waals surface area (Å²) in [5.41, 5.74) is 3.15. The van der Waals surface area contributed by atoms with Crippen molar-refractivity contribution < 1.29 is 9.53 Å². The molecule has 4 aromatic rings. The summed E-state index contributed by atoms with van der Waals surface area (Å²) < 4.78 is 7.39. The first-order valence-electron chi connectivity index (χ1n) is 10.2. The van der Waals surface area contributed by atoms with Gasteiger partial charge in [0, 0.05) is 11.8 Å². The zero-order chi connectivity index (χ0) is 22.3. The Kier molecular flexibility index (Phi) is 7.24. The number of nitrogens with zero attached hydrogens (tertiary/aromatic N) is 3. The van der Waals surface area contributed by atoms with Gasteiger partial charge in [0.05, 0.1) is 24.2 Å². The van der Waals surface area contributed by atoms with Gasteiger partial charge in [-0.15, -0.1) is 21.5 Å². The Labute approximate surface area is 195 Å². The van der Waals surface area contributed by atoms with E-state index in [0.717, 1.165) is 39.2 Å². The molecule has 0 spiro atoms. The molecule has 8 heteroatoms. The number of rotatable bonds is 9. The van der Waals surface area contributed by atoms with Crippen LogP contribution >= 0.6 is 23.1 Å². The first kappa shape index (κ1) is 22.1. The van der Waals surface area contributed by atoms with Crippen molar-refractivity contribution in [2.45, 2.75) is 25.0 Å². The largest absolute Gasteiger partial charge is 0.497 e. The minimum atomic E-state index is -0.101. The average Bonchev–Trinajstić information content (AvgIpc) is 3.44. The number of thiophene rings is 1. The molecule has 0 fully saturated rings. The van der Waals surface area contributed by atoms with Crippen molar-refractivity contribution in [1.82, 2.24) is 20.1 Å². The van der Waals surface area contributed by atoms with E-state index in [0.29, 0.717) is 5.82 Å². The molecule has 0 bridgehead atoms. The molecule has 1 N–H and O–H groups in total. The van der Waals surface area contributed by atoms with E-state index in [9.17, 15) is 4.79 Å². The van der Waals surface area contributed by atoms with E-state index in [1.54, 1.807) is 18.9 Å². The number of hydrogen-bond donors (Lipinski definition) is 1. The lowest BCUT2D eigenvalue weighted by Crippen LogP contribution is -2.24. The Hall–Kier alpha value is -3.10. The van der Waals surface area contributed by atoms with E-state index < -0.39 is 0 Å². The number of ether oxygens (including phenoxy) is 1. The number of nitrogens with one attached hydrogen (secondary N) is 1. The number of carbonyl (C=O) groups excluding carboxylic acids is 1. The molecular weight excluding hydrogens is 440 g/mol. The van der Waals surface area contributed by atoms with E-state index in [-0.39, 0.29) is 12.5 Å². The number of methoxy groups -OCH3 is 1. The molecule has 164 valence electrons. The molecule has 0 atom stereocenters. The highest BCUT2D eigenvalue weighted by Crippen LogP contribution is 2.25. The summed E-state index contributed by atoms with van der Waals surface area (Å²) in [6.45, 7) is 2.21. The molecule has 0 aliphatic heterocycles. The first-order chi connectivity index (χ1) is 15.7. The summed E-state index contributed by atoms with van der Waals surface area (Å²) in [7, 11) is 1.64. The standard InChI is InChI=1S/C24H24N4O2S2/c1-17-11-13-31-22(17)23(29)25-16-21-26-27-24(32-14-12-18-7-4-3-5-8-18)28(21)19-9-6-10-20(15-19)30-2/h3-11,13,15H,12,14,16H2,1-2H3,(H,25,29). The summed E-state index contributed by atoms with van der Waals surface area (Å²) in [5.74, 6) is 2.19. The second-order valence-electron chi connectivity index (χ2n) is 7.14. The van der Waals surface area contributed by atoms with Gasteiger partial charge in [-0.3, -0.25) is 9.36 Å². The van der Waals surface area contributed by atoms with E-state index in [2.05, 4.69) is 39.8 Å². The third kappa shape index (κ3) is 5.20. The Morgan fingerprint density at radius 1 is 1.12 bits per heavy atom. The van der Waals surface area contributed by atoms with Crippen LogP contribution in [0.2, 0.25) is 0 Å². The monoisotopic (exact) mass is 464 g/mol. The fourth-order valence-corrected chi connectivity index (χ4v) is 5.07. The van der Waals surface area contributed by atoms with E-state index in [1.165, 1.54) is 16.9 Å². The van der Waals surface area contributed by atoms with Crippen molar-refractivity contribution in [1.29, 1.82) is 0 Å². The topological polar surface area (TPSA) is 69.0 Å². The van der Waals surface area contributed by atoms with Gasteiger partial charge >= 0.3 is 0 Å². The number of aromatic nitrogens is 3. The highest BCUT2D eigenvalue weighted by molar-refractivity contribution is 7.99. The summed E-state index contributed by atoms with van der Waals surface area (Å²) in [6.07, 6.45) is 0.931. The lowest BCUT2D eigenvalue weighted by molar-refractivity contribution is 0.0953. The van der Waals surface area contributed by atoms with Gasteiger partial charge in [-0.25, -0.2) is 0 Å². The zero-order valence-electron chi connectivity index (χ0n) is 17.9. The molecule has 2 aromatic carbocycles. The molecule has 32 heavy (non-hydrogen) atoms. The van der Waals surface area contributed by atoms with Gasteiger partial charge in [-0.1, -0.05) is 48.2 Å². The van der Waals surface area contributed by atoms with Gasteiger partial charge < -0.3 is 10.1 Å². The van der Waals surface area contributed by atoms with Crippen LogP contribution in [0.15, 0.2) is 71.2 Å². The third-order valence-electron chi connectivity index (χ3n) is 4.95. The summed E-state index contributed by atoms with van der Waals surface area (Å²) in [5, 5.41) is 14.5. The Balaban J connectivity index is 1.55. The predicted octanol–water partition coefficient (Wildman–Crippen LogP) is 4.91. The Morgan fingerprint density at radius 2 is 1.97 bits per heavy atom. The number of benzene rings is 2. The molecule has 0 aliphatic rings. The minimum absolute atomic E-state index is 0.101. The second kappa shape index (κ2) is 10.5. The number of hydrogen-bond acceptors (Lipinski definition) is 6. The van der Waals surface area contributed by atoms with Gasteiger partial charge in [0.2, 0.25) is 0 Å². The van der Waals surface area contributed by atoms with Crippen molar-refractivity contribution in [3.8, 4) is 11.4 Å². The molecular formula is C24H24N4O2S2. The van der Waals surface area contributed by atoms with Crippen LogP contribution in [0.3, 0.4) is 0 Å². The van der Waals surface area contributed by atoms with Crippen LogP contribution < -0.4 is 10.1 Å². The smallest absolute Gasteiger partial charge is 0.261 e. The molecule has 0 unspecified atom stereocenters. The van der Waals surface area contributed by atoms with E-state index in [4.69, 9.17) is 4.74 Å². The fraction of sp³-hybridized carbons (Fsp3) is 0.208. The molecule has 0 radical (unpaired) electrons. The molecule has 6 nitrogen and oxygen atoms in total. The van der Waals surface area contributed by atoms with Crippen molar-refractivity contribution in [3.63, 3.8) is 0 Å². The maximum absolute atomic E-state index is 12.6. The SMILES string of the molecule is COc1cccc(-n2c(CNC(=O)c3sccc3C)nnc2SCCc2ccccc2)c1. The van der Waals surface area contributed by atoms with Crippen molar-refractivity contribution >= 4 is 29.0 Å². The lowest BCUT2D eigenvalue weighted by Gasteiger charge is -2.12. The maximum atomic E-state index is 12.6. The Morgan fingerprint density at radius 3 is 2.72 bits per heavy atom.